The van der Waals surface area contributed by atoms with Crippen LogP contribution in [0.4, 0.5) is 26.3 Å². The summed E-state index contributed by atoms with van der Waals surface area (Å²) in [6, 6.07) is 12.0. The molecule has 0 saturated heterocycles. The number of hydrogen-bond acceptors (Lipinski definition) is 10. The molecule has 0 radical (unpaired) electrons. The Kier molecular flexibility index (Phi) is 13.8. The maximum atomic E-state index is 12.4. The van der Waals surface area contributed by atoms with E-state index in [2.05, 4.69) is 22.6 Å². The second kappa shape index (κ2) is 17.7. The second-order valence-corrected chi connectivity index (χ2v) is 10.4. The van der Waals surface area contributed by atoms with Gasteiger partial charge in [-0.2, -0.15) is 26.3 Å². The van der Waals surface area contributed by atoms with Crippen LogP contribution in [0.5, 0.6) is 11.5 Å². The lowest BCUT2D eigenvalue weighted by Gasteiger charge is -2.27. The summed E-state index contributed by atoms with van der Waals surface area (Å²) in [7, 11) is 0. The molecular weight excluding hydrogens is 682 g/mol. The van der Waals surface area contributed by atoms with E-state index in [4.69, 9.17) is 18.9 Å². The first-order valence-corrected chi connectivity index (χ1v) is 14.6. The van der Waals surface area contributed by atoms with Gasteiger partial charge >= 0.3 is 36.2 Å². The Hall–Kier alpha value is -5.54. The average Bonchev–Trinajstić information content (AvgIpc) is 3.06. The number of esters is 4. The molecule has 2 aromatic rings. The lowest BCUT2D eigenvalue weighted by atomic mass is 9.95. The van der Waals surface area contributed by atoms with E-state index in [1.165, 1.54) is 48.6 Å². The molecule has 0 spiro atoms. The molecule has 1 aliphatic rings. The molecule has 2 aromatic carbocycles. The van der Waals surface area contributed by atoms with Crippen molar-refractivity contribution >= 4 is 36.0 Å². The van der Waals surface area contributed by atoms with Crippen LogP contribution in [-0.2, 0) is 38.1 Å². The van der Waals surface area contributed by atoms with Crippen LogP contribution in [0, 0.1) is 0 Å². The summed E-state index contributed by atoms with van der Waals surface area (Å²) in [6.07, 6.45) is -3.29. The van der Waals surface area contributed by atoms with Gasteiger partial charge in [-0.1, -0.05) is 37.4 Å². The highest BCUT2D eigenvalue weighted by molar-refractivity contribution is 5.90. The summed E-state index contributed by atoms with van der Waals surface area (Å²) in [6.45, 7) is 3.74. The van der Waals surface area contributed by atoms with E-state index in [1.807, 2.05) is 0 Å². The van der Waals surface area contributed by atoms with Gasteiger partial charge in [0.2, 0.25) is 13.6 Å². The zero-order valence-electron chi connectivity index (χ0n) is 26.1. The number of carbonyl (C=O) groups excluding carboxylic acids is 4. The molecule has 0 aromatic heterocycles. The molecule has 0 N–H and O–H groups in total. The van der Waals surface area contributed by atoms with Gasteiger partial charge in [0, 0.05) is 12.2 Å². The molecule has 1 fully saturated rings. The summed E-state index contributed by atoms with van der Waals surface area (Å²) in [5, 5.41) is 0. The highest BCUT2D eigenvalue weighted by Crippen LogP contribution is 2.27. The number of ether oxygens (including phenoxy) is 6. The minimum atomic E-state index is -4.91. The van der Waals surface area contributed by atoms with Crippen molar-refractivity contribution in [1.82, 2.24) is 0 Å². The van der Waals surface area contributed by atoms with Gasteiger partial charge in [0.15, 0.2) is 0 Å². The minimum Gasteiger partial charge on any atom is -0.459 e. The normalized spacial score (nSPS) is 16.4. The number of alkyl halides is 6. The van der Waals surface area contributed by atoms with E-state index in [1.54, 1.807) is 24.3 Å². The smallest absolute Gasteiger partial charge is 0.422 e. The van der Waals surface area contributed by atoms with E-state index in [0.717, 1.165) is 0 Å². The molecule has 0 bridgehead atoms. The summed E-state index contributed by atoms with van der Waals surface area (Å²) >= 11 is 0. The van der Waals surface area contributed by atoms with Gasteiger partial charge in [-0.25, -0.2) is 19.2 Å². The number of halogens is 6. The molecule has 10 nitrogen and oxygen atoms in total. The fraction of sp³-hybridized carbons (Fsp3) is 0.294. The monoisotopic (exact) mass is 712 g/mol. The van der Waals surface area contributed by atoms with Crippen LogP contribution in [-0.4, -0.2) is 62.0 Å². The molecule has 50 heavy (non-hydrogen) atoms. The molecule has 0 heterocycles. The van der Waals surface area contributed by atoms with Gasteiger partial charge in [-0.05, 0) is 73.2 Å². The predicted octanol–water partition coefficient (Wildman–Crippen LogP) is 6.81. The van der Waals surface area contributed by atoms with Gasteiger partial charge in [0.1, 0.15) is 34.9 Å². The van der Waals surface area contributed by atoms with E-state index < -0.39 is 61.0 Å². The summed E-state index contributed by atoms with van der Waals surface area (Å²) in [5.74, 6) is -4.08. The van der Waals surface area contributed by atoms with Gasteiger partial charge in [0.05, 0.1) is 0 Å². The fourth-order valence-corrected chi connectivity index (χ4v) is 4.06. The van der Waals surface area contributed by atoms with Gasteiger partial charge < -0.3 is 28.4 Å². The van der Waals surface area contributed by atoms with E-state index in [0.29, 0.717) is 36.8 Å². The standard InChI is InChI=1S/C34H30F6O10/c1-21(33(35,36)37)31(43)47-19-45-25-9-3-23(4-10-25)7-17-29(41)49-27-13-15-28(16-14-27)50-30(42)18-8-24-5-11-26(12-6-24)46-20-48-32(44)22(2)34(38,39)40/h3-12,17-18,27-28H,1-2,13-16,19-20H2. The average molecular weight is 713 g/mol. The van der Waals surface area contributed by atoms with E-state index in [9.17, 15) is 45.5 Å². The lowest BCUT2D eigenvalue weighted by Crippen LogP contribution is -2.29. The Bertz CT molecular complexity index is 1460. The third-order valence-corrected chi connectivity index (χ3v) is 6.78. The van der Waals surface area contributed by atoms with Crippen LogP contribution in [0.3, 0.4) is 0 Å². The van der Waals surface area contributed by atoms with Gasteiger partial charge in [-0.15, -0.1) is 0 Å². The Balaban J connectivity index is 1.32. The van der Waals surface area contributed by atoms with Crippen LogP contribution in [0.1, 0.15) is 36.8 Å². The zero-order valence-corrected chi connectivity index (χ0v) is 26.1. The Morgan fingerprint density at radius 1 is 0.600 bits per heavy atom. The van der Waals surface area contributed by atoms with E-state index >= 15 is 0 Å². The molecule has 1 aliphatic carbocycles. The minimum absolute atomic E-state index is 0.201. The van der Waals surface area contributed by atoms with Crippen molar-refractivity contribution in [2.75, 3.05) is 13.6 Å². The quantitative estimate of drug-likeness (QED) is 0.0679. The number of benzene rings is 2. The van der Waals surface area contributed by atoms with E-state index in [-0.39, 0.29) is 23.7 Å². The van der Waals surface area contributed by atoms with Crippen molar-refractivity contribution in [2.45, 2.75) is 50.2 Å². The maximum absolute atomic E-state index is 12.4. The zero-order chi connectivity index (χ0) is 36.9. The van der Waals surface area contributed by atoms with Crippen molar-refractivity contribution in [3.63, 3.8) is 0 Å². The first-order chi connectivity index (χ1) is 23.5. The Labute approximate surface area is 281 Å². The van der Waals surface area contributed by atoms with Crippen molar-refractivity contribution in [3.8, 4) is 11.5 Å². The van der Waals surface area contributed by atoms with Crippen LogP contribution >= 0.6 is 0 Å². The SMILES string of the molecule is C=C(C(=O)OCOc1ccc(C=CC(=O)OC2CCC(OC(=O)C=Cc3ccc(OCOC(=O)C(=C)C(F)(F)F)cc3)CC2)cc1)C(F)(F)F. The molecule has 16 heteroatoms. The largest absolute Gasteiger partial charge is 0.459 e. The highest BCUT2D eigenvalue weighted by Gasteiger charge is 2.38. The van der Waals surface area contributed by atoms with Crippen molar-refractivity contribution in [2.24, 2.45) is 0 Å². The molecule has 0 unspecified atom stereocenters. The molecule has 0 atom stereocenters. The van der Waals surface area contributed by atoms with Gasteiger partial charge in [0.25, 0.3) is 0 Å². The molecule has 0 aliphatic heterocycles. The number of rotatable bonds is 14. The first kappa shape index (κ1) is 38.9. The third kappa shape index (κ3) is 13.2. The first-order valence-electron chi connectivity index (χ1n) is 14.6. The van der Waals surface area contributed by atoms with Crippen LogP contribution in [0.15, 0.2) is 85.0 Å². The topological polar surface area (TPSA) is 124 Å². The summed E-state index contributed by atoms with van der Waals surface area (Å²) < 4.78 is 104. The molecule has 3 rings (SSSR count). The predicted molar refractivity (Wildman–Crippen MR) is 163 cm³/mol. The van der Waals surface area contributed by atoms with Gasteiger partial charge in [-0.3, -0.25) is 0 Å². The third-order valence-electron chi connectivity index (χ3n) is 6.78. The molecule has 0 amide bonds. The second-order valence-electron chi connectivity index (χ2n) is 10.4. The van der Waals surface area contributed by atoms with Crippen molar-refractivity contribution in [1.29, 1.82) is 0 Å². The summed E-state index contributed by atoms with van der Waals surface area (Å²) in [5.41, 5.74) is -2.14. The number of hydrogen-bond donors (Lipinski definition) is 0. The van der Waals surface area contributed by atoms with Crippen molar-refractivity contribution in [3.05, 3.63) is 96.1 Å². The lowest BCUT2D eigenvalue weighted by molar-refractivity contribution is -0.157. The highest BCUT2D eigenvalue weighted by atomic mass is 19.4. The molecule has 268 valence electrons. The van der Waals surface area contributed by atoms with Crippen LogP contribution < -0.4 is 9.47 Å². The van der Waals surface area contributed by atoms with Crippen LogP contribution in [0.25, 0.3) is 12.2 Å². The molecular formula is C34H30F6O10. The van der Waals surface area contributed by atoms with Crippen LogP contribution in [0.2, 0.25) is 0 Å². The maximum Gasteiger partial charge on any atom is 0.422 e. The van der Waals surface area contributed by atoms with Crippen molar-refractivity contribution < 1.29 is 73.9 Å². The Morgan fingerprint density at radius 2 is 0.920 bits per heavy atom. The fourth-order valence-electron chi connectivity index (χ4n) is 4.06. The summed E-state index contributed by atoms with van der Waals surface area (Å²) in [4.78, 5) is 47.2. The molecule has 1 saturated carbocycles. The number of carbonyl (C=O) groups is 4. The Morgan fingerprint density at radius 3 is 1.22 bits per heavy atom.